The molecular formula is C16H23NO4. The summed E-state index contributed by atoms with van der Waals surface area (Å²) < 4.78 is 5.56. The molecule has 1 aromatic rings. The smallest absolute Gasteiger partial charge is 0.323 e. The molecule has 2 unspecified atom stereocenters. The van der Waals surface area contributed by atoms with Gasteiger partial charge in [0.05, 0.1) is 6.61 Å². The molecule has 5 nitrogen and oxygen atoms in total. The van der Waals surface area contributed by atoms with Crippen LogP contribution in [-0.4, -0.2) is 40.6 Å². The van der Waals surface area contributed by atoms with Gasteiger partial charge >= 0.3 is 5.97 Å². The molecule has 0 aliphatic rings. The number of ether oxygens (including phenoxy) is 1. The second kappa shape index (κ2) is 8.42. The molecule has 1 aromatic carbocycles. The van der Waals surface area contributed by atoms with E-state index in [0.717, 1.165) is 5.56 Å². The highest BCUT2D eigenvalue weighted by Crippen LogP contribution is 2.10. The third kappa shape index (κ3) is 5.55. The number of carbonyl (C=O) groups is 2. The van der Waals surface area contributed by atoms with E-state index >= 15 is 0 Å². The number of carboxylic acid groups (broad SMARTS) is 1. The minimum absolute atomic E-state index is 0.128. The summed E-state index contributed by atoms with van der Waals surface area (Å²) >= 11 is 0. The zero-order valence-corrected chi connectivity index (χ0v) is 12.8. The number of hydrogen-bond donors (Lipinski definition) is 1. The lowest BCUT2D eigenvalue weighted by atomic mass is 10.2. The van der Waals surface area contributed by atoms with Gasteiger partial charge in [-0.25, -0.2) is 0 Å². The third-order valence-corrected chi connectivity index (χ3v) is 3.40. The largest absolute Gasteiger partial charge is 0.480 e. The number of hydrogen-bond acceptors (Lipinski definition) is 3. The lowest BCUT2D eigenvalue weighted by Crippen LogP contribution is -2.46. The van der Waals surface area contributed by atoms with Crippen molar-refractivity contribution < 1.29 is 19.4 Å². The number of amides is 1. The van der Waals surface area contributed by atoms with Crippen LogP contribution in [0.25, 0.3) is 0 Å². The molecule has 0 fully saturated rings. The standard InChI is InChI=1S/C16H23NO4/c1-4-12(2)17(10-15(18)19)16(20)13(3)21-11-14-8-6-5-7-9-14/h5-9,12-13H,4,10-11H2,1-3H3,(H,18,19). The molecule has 21 heavy (non-hydrogen) atoms. The van der Waals surface area contributed by atoms with Crippen LogP contribution in [0.15, 0.2) is 30.3 Å². The maximum absolute atomic E-state index is 12.3. The van der Waals surface area contributed by atoms with Gasteiger partial charge in [0, 0.05) is 6.04 Å². The summed E-state index contributed by atoms with van der Waals surface area (Å²) in [6, 6.07) is 9.43. The molecule has 5 heteroatoms. The van der Waals surface area contributed by atoms with Gasteiger partial charge in [0.1, 0.15) is 12.6 Å². The van der Waals surface area contributed by atoms with E-state index in [9.17, 15) is 9.59 Å². The number of rotatable bonds is 8. The second-order valence-electron chi connectivity index (χ2n) is 5.06. The molecule has 116 valence electrons. The first-order valence-corrected chi connectivity index (χ1v) is 7.13. The van der Waals surface area contributed by atoms with Crippen molar-refractivity contribution in [3.8, 4) is 0 Å². The first-order valence-electron chi connectivity index (χ1n) is 7.13. The van der Waals surface area contributed by atoms with Gasteiger partial charge in [0.2, 0.25) is 0 Å². The van der Waals surface area contributed by atoms with E-state index in [1.165, 1.54) is 4.90 Å². The van der Waals surface area contributed by atoms with Crippen molar-refractivity contribution in [2.45, 2.75) is 45.9 Å². The Morgan fingerprint density at radius 3 is 2.38 bits per heavy atom. The Bertz CT molecular complexity index is 461. The maximum Gasteiger partial charge on any atom is 0.323 e. The number of nitrogens with zero attached hydrogens (tertiary/aromatic N) is 1. The van der Waals surface area contributed by atoms with Gasteiger partial charge in [-0.15, -0.1) is 0 Å². The Balaban J connectivity index is 2.62. The van der Waals surface area contributed by atoms with Crippen LogP contribution >= 0.6 is 0 Å². The molecule has 0 aliphatic heterocycles. The highest BCUT2D eigenvalue weighted by molar-refractivity contribution is 5.84. The molecule has 1 N–H and O–H groups in total. The molecule has 0 radical (unpaired) electrons. The molecular weight excluding hydrogens is 270 g/mol. The SMILES string of the molecule is CCC(C)N(CC(=O)O)C(=O)C(C)OCc1ccccc1. The van der Waals surface area contributed by atoms with Crippen LogP contribution in [0.2, 0.25) is 0 Å². The summed E-state index contributed by atoms with van der Waals surface area (Å²) in [5.41, 5.74) is 0.977. The average molecular weight is 293 g/mol. The summed E-state index contributed by atoms with van der Waals surface area (Å²) in [4.78, 5) is 24.6. The first-order chi connectivity index (χ1) is 9.95. The normalized spacial score (nSPS) is 13.5. The molecule has 0 spiro atoms. The molecule has 1 rings (SSSR count). The van der Waals surface area contributed by atoms with E-state index in [0.29, 0.717) is 13.0 Å². The predicted molar refractivity (Wildman–Crippen MR) is 79.8 cm³/mol. The van der Waals surface area contributed by atoms with Gasteiger partial charge in [-0.2, -0.15) is 0 Å². The summed E-state index contributed by atoms with van der Waals surface area (Å²) in [6.07, 6.45) is 0.0308. The zero-order chi connectivity index (χ0) is 15.8. The number of benzene rings is 1. The molecule has 0 heterocycles. The fourth-order valence-electron chi connectivity index (χ4n) is 1.92. The number of carbonyl (C=O) groups excluding carboxylic acids is 1. The van der Waals surface area contributed by atoms with Gasteiger partial charge < -0.3 is 14.7 Å². The summed E-state index contributed by atoms with van der Waals surface area (Å²) in [7, 11) is 0. The monoisotopic (exact) mass is 293 g/mol. The van der Waals surface area contributed by atoms with Crippen molar-refractivity contribution in [2.24, 2.45) is 0 Å². The quantitative estimate of drug-likeness (QED) is 0.798. The molecule has 0 aliphatic carbocycles. The Kier molecular flexibility index (Phi) is 6.88. The van der Waals surface area contributed by atoms with Crippen LogP contribution in [0.1, 0.15) is 32.8 Å². The van der Waals surface area contributed by atoms with Gasteiger partial charge in [0.25, 0.3) is 5.91 Å². The van der Waals surface area contributed by atoms with Crippen LogP contribution in [0.4, 0.5) is 0 Å². The Hall–Kier alpha value is -1.88. The van der Waals surface area contributed by atoms with Gasteiger partial charge in [-0.1, -0.05) is 37.3 Å². The average Bonchev–Trinajstić information content (AvgIpc) is 2.49. The molecule has 0 bridgehead atoms. The van der Waals surface area contributed by atoms with Crippen LogP contribution in [0.5, 0.6) is 0 Å². The summed E-state index contributed by atoms with van der Waals surface area (Å²) in [6.45, 7) is 5.44. The predicted octanol–water partition coefficient (Wildman–Crippen LogP) is 2.30. The molecule has 0 saturated heterocycles. The van der Waals surface area contributed by atoms with E-state index < -0.39 is 12.1 Å². The highest BCUT2D eigenvalue weighted by Gasteiger charge is 2.26. The van der Waals surface area contributed by atoms with Crippen LogP contribution < -0.4 is 0 Å². The molecule has 1 amide bonds. The lowest BCUT2D eigenvalue weighted by Gasteiger charge is -2.29. The van der Waals surface area contributed by atoms with Crippen molar-refractivity contribution in [3.05, 3.63) is 35.9 Å². The summed E-state index contributed by atoms with van der Waals surface area (Å²) in [5, 5.41) is 8.93. The minimum atomic E-state index is -1.01. The van der Waals surface area contributed by atoms with Crippen molar-refractivity contribution in [2.75, 3.05) is 6.54 Å². The van der Waals surface area contributed by atoms with Crippen molar-refractivity contribution in [3.63, 3.8) is 0 Å². The van der Waals surface area contributed by atoms with E-state index in [2.05, 4.69) is 0 Å². The second-order valence-corrected chi connectivity index (χ2v) is 5.06. The van der Waals surface area contributed by atoms with Gasteiger partial charge in [0.15, 0.2) is 0 Å². The number of aliphatic carboxylic acids is 1. The highest BCUT2D eigenvalue weighted by atomic mass is 16.5. The van der Waals surface area contributed by atoms with E-state index in [1.807, 2.05) is 44.2 Å². The third-order valence-electron chi connectivity index (χ3n) is 3.40. The number of carboxylic acids is 1. The zero-order valence-electron chi connectivity index (χ0n) is 12.8. The fraction of sp³-hybridized carbons (Fsp3) is 0.500. The van der Waals surface area contributed by atoms with Crippen LogP contribution in [0, 0.1) is 0 Å². The van der Waals surface area contributed by atoms with Crippen LogP contribution in [0.3, 0.4) is 0 Å². The molecule has 0 aromatic heterocycles. The molecule has 0 saturated carbocycles. The summed E-state index contributed by atoms with van der Waals surface area (Å²) in [5.74, 6) is -1.30. The van der Waals surface area contributed by atoms with Crippen molar-refractivity contribution in [1.29, 1.82) is 0 Å². The van der Waals surface area contributed by atoms with E-state index in [4.69, 9.17) is 9.84 Å². The Morgan fingerprint density at radius 2 is 1.86 bits per heavy atom. The van der Waals surface area contributed by atoms with Gasteiger partial charge in [-0.05, 0) is 25.8 Å². The first kappa shape index (κ1) is 17.2. The van der Waals surface area contributed by atoms with E-state index in [-0.39, 0.29) is 18.5 Å². The van der Waals surface area contributed by atoms with Gasteiger partial charge in [-0.3, -0.25) is 9.59 Å². The lowest BCUT2D eigenvalue weighted by molar-refractivity contribution is -0.152. The molecule has 2 atom stereocenters. The Labute approximate surface area is 125 Å². The fourth-order valence-corrected chi connectivity index (χ4v) is 1.92. The van der Waals surface area contributed by atoms with Crippen molar-refractivity contribution in [1.82, 2.24) is 4.90 Å². The minimum Gasteiger partial charge on any atom is -0.480 e. The topological polar surface area (TPSA) is 66.8 Å². The van der Waals surface area contributed by atoms with E-state index in [1.54, 1.807) is 6.92 Å². The van der Waals surface area contributed by atoms with Crippen molar-refractivity contribution >= 4 is 11.9 Å². The maximum atomic E-state index is 12.3. The van der Waals surface area contributed by atoms with Crippen LogP contribution in [-0.2, 0) is 20.9 Å². The Morgan fingerprint density at radius 1 is 1.24 bits per heavy atom.